The molecule has 2 aromatic rings. The van der Waals surface area contributed by atoms with Crippen LogP contribution >= 0.6 is 0 Å². The Labute approximate surface area is 137 Å². The normalized spacial score (nSPS) is 15.0. The zero-order valence-corrected chi connectivity index (χ0v) is 13.7. The fraction of sp³-hybridized carbons (Fsp3) is 0.474. The molecule has 0 saturated heterocycles. The third kappa shape index (κ3) is 4.52. The summed E-state index contributed by atoms with van der Waals surface area (Å²) >= 11 is 0. The molecule has 1 aliphatic carbocycles. The van der Waals surface area contributed by atoms with Crippen molar-refractivity contribution in [1.29, 1.82) is 0 Å². The second kappa shape index (κ2) is 7.55. The number of nitrogens with zero attached hydrogens (tertiary/aromatic N) is 2. The summed E-state index contributed by atoms with van der Waals surface area (Å²) in [5, 5.41) is 8.97. The Morgan fingerprint density at radius 1 is 1.09 bits per heavy atom. The summed E-state index contributed by atoms with van der Waals surface area (Å²) in [5.41, 5.74) is 4.29. The van der Waals surface area contributed by atoms with Crippen LogP contribution in [0.5, 0.6) is 6.01 Å². The van der Waals surface area contributed by atoms with Crippen molar-refractivity contribution in [2.75, 3.05) is 6.61 Å². The number of hydrogen-bond donors (Lipinski definition) is 1. The van der Waals surface area contributed by atoms with E-state index in [0.29, 0.717) is 12.4 Å². The second-order valence-corrected chi connectivity index (χ2v) is 6.27. The van der Waals surface area contributed by atoms with E-state index in [9.17, 15) is 0 Å². The van der Waals surface area contributed by atoms with Crippen molar-refractivity contribution in [2.24, 2.45) is 0 Å². The summed E-state index contributed by atoms with van der Waals surface area (Å²) in [4.78, 5) is 8.99. The van der Waals surface area contributed by atoms with Gasteiger partial charge in [0, 0.05) is 18.7 Å². The number of aryl methyl sites for hydroxylation is 1. The molecule has 0 aliphatic heterocycles. The van der Waals surface area contributed by atoms with Crippen LogP contribution in [-0.4, -0.2) is 27.8 Å². The average Bonchev–Trinajstić information content (AvgIpc) is 3.02. The molecular formula is C19H24N2O2. The Hall–Kier alpha value is -1.94. The molecule has 0 amide bonds. The third-order valence-electron chi connectivity index (χ3n) is 4.27. The van der Waals surface area contributed by atoms with E-state index in [1.54, 1.807) is 0 Å². The zero-order chi connectivity index (χ0) is 16.1. The standard InChI is InChI=1S/C19H24N2O2/c1-14-12-17(13-16-8-6-15(7-9-16)10-11-22)21-19(20-14)23-18-4-2-3-5-18/h6-9,12,18,22H,2-5,10-11,13H2,1H3. The van der Waals surface area contributed by atoms with Crippen molar-refractivity contribution in [3.05, 3.63) is 52.8 Å². The highest BCUT2D eigenvalue weighted by molar-refractivity contribution is 5.27. The van der Waals surface area contributed by atoms with Gasteiger partial charge in [-0.05, 0) is 56.2 Å². The van der Waals surface area contributed by atoms with Crippen molar-refractivity contribution < 1.29 is 9.84 Å². The topological polar surface area (TPSA) is 55.2 Å². The first kappa shape index (κ1) is 15.9. The SMILES string of the molecule is Cc1cc(Cc2ccc(CCO)cc2)nc(OC2CCCC2)n1. The summed E-state index contributed by atoms with van der Waals surface area (Å²) in [5.74, 6) is 0. The van der Waals surface area contributed by atoms with E-state index >= 15 is 0 Å². The van der Waals surface area contributed by atoms with Crippen molar-refractivity contribution in [3.8, 4) is 6.01 Å². The van der Waals surface area contributed by atoms with Gasteiger partial charge in [-0.2, -0.15) is 4.98 Å². The minimum absolute atomic E-state index is 0.187. The molecule has 0 atom stereocenters. The van der Waals surface area contributed by atoms with Gasteiger partial charge < -0.3 is 9.84 Å². The average molecular weight is 312 g/mol. The van der Waals surface area contributed by atoms with Crippen LogP contribution < -0.4 is 4.74 Å². The number of benzene rings is 1. The smallest absolute Gasteiger partial charge is 0.317 e. The van der Waals surface area contributed by atoms with Crippen LogP contribution in [0.25, 0.3) is 0 Å². The highest BCUT2D eigenvalue weighted by Crippen LogP contribution is 2.22. The molecule has 1 aliphatic rings. The molecule has 1 aromatic carbocycles. The van der Waals surface area contributed by atoms with Gasteiger partial charge in [-0.15, -0.1) is 0 Å². The summed E-state index contributed by atoms with van der Waals surface area (Å²) in [6.07, 6.45) is 6.45. The monoisotopic (exact) mass is 312 g/mol. The number of ether oxygens (including phenoxy) is 1. The van der Waals surface area contributed by atoms with E-state index in [4.69, 9.17) is 9.84 Å². The Morgan fingerprint density at radius 2 is 1.78 bits per heavy atom. The van der Waals surface area contributed by atoms with E-state index < -0.39 is 0 Å². The molecule has 0 unspecified atom stereocenters. The second-order valence-electron chi connectivity index (χ2n) is 6.27. The Kier molecular flexibility index (Phi) is 5.23. The van der Waals surface area contributed by atoms with E-state index in [0.717, 1.165) is 36.2 Å². The summed E-state index contributed by atoms with van der Waals surface area (Å²) in [6, 6.07) is 10.9. The van der Waals surface area contributed by atoms with Gasteiger partial charge in [0.25, 0.3) is 0 Å². The molecule has 1 N–H and O–H groups in total. The van der Waals surface area contributed by atoms with E-state index in [2.05, 4.69) is 34.2 Å². The maximum Gasteiger partial charge on any atom is 0.317 e. The van der Waals surface area contributed by atoms with Crippen LogP contribution in [0.3, 0.4) is 0 Å². The number of aromatic nitrogens is 2. The molecule has 3 rings (SSSR count). The first-order valence-corrected chi connectivity index (χ1v) is 8.43. The Bertz CT molecular complexity index is 634. The minimum atomic E-state index is 0.187. The van der Waals surface area contributed by atoms with Gasteiger partial charge in [-0.1, -0.05) is 24.3 Å². The van der Waals surface area contributed by atoms with Gasteiger partial charge in [-0.25, -0.2) is 4.98 Å². The lowest BCUT2D eigenvalue weighted by atomic mass is 10.1. The first-order valence-electron chi connectivity index (χ1n) is 8.43. The van der Waals surface area contributed by atoms with Crippen LogP contribution in [0.15, 0.2) is 30.3 Å². The van der Waals surface area contributed by atoms with Gasteiger partial charge in [-0.3, -0.25) is 0 Å². The van der Waals surface area contributed by atoms with Gasteiger partial charge >= 0.3 is 6.01 Å². The van der Waals surface area contributed by atoms with Gasteiger partial charge in [0.1, 0.15) is 6.10 Å². The highest BCUT2D eigenvalue weighted by Gasteiger charge is 2.18. The fourth-order valence-corrected chi connectivity index (χ4v) is 3.06. The van der Waals surface area contributed by atoms with Gasteiger partial charge in [0.05, 0.1) is 5.69 Å². The molecule has 0 spiro atoms. The predicted molar refractivity (Wildman–Crippen MR) is 89.7 cm³/mol. The van der Waals surface area contributed by atoms with E-state index in [1.165, 1.54) is 18.4 Å². The van der Waals surface area contributed by atoms with Crippen LogP contribution in [-0.2, 0) is 12.8 Å². The summed E-state index contributed by atoms with van der Waals surface area (Å²) in [7, 11) is 0. The largest absolute Gasteiger partial charge is 0.460 e. The van der Waals surface area contributed by atoms with Crippen molar-refractivity contribution in [3.63, 3.8) is 0 Å². The van der Waals surface area contributed by atoms with Crippen LogP contribution in [0, 0.1) is 6.92 Å². The predicted octanol–water partition coefficient (Wildman–Crippen LogP) is 3.23. The van der Waals surface area contributed by atoms with Crippen molar-refractivity contribution in [2.45, 2.75) is 51.6 Å². The Balaban J connectivity index is 1.70. The molecular weight excluding hydrogens is 288 g/mol. The van der Waals surface area contributed by atoms with Crippen LogP contribution in [0.4, 0.5) is 0 Å². The summed E-state index contributed by atoms with van der Waals surface area (Å²) < 4.78 is 5.94. The third-order valence-corrected chi connectivity index (χ3v) is 4.27. The Morgan fingerprint density at radius 3 is 2.48 bits per heavy atom. The molecule has 0 bridgehead atoms. The lowest BCUT2D eigenvalue weighted by Crippen LogP contribution is -2.14. The number of aliphatic hydroxyl groups is 1. The number of aliphatic hydroxyl groups excluding tert-OH is 1. The summed E-state index contributed by atoms with van der Waals surface area (Å²) in [6.45, 7) is 2.17. The van der Waals surface area contributed by atoms with Gasteiger partial charge in [0.15, 0.2) is 0 Å². The lowest BCUT2D eigenvalue weighted by molar-refractivity contribution is 0.191. The fourth-order valence-electron chi connectivity index (χ4n) is 3.06. The highest BCUT2D eigenvalue weighted by atomic mass is 16.5. The molecule has 1 heterocycles. The molecule has 0 radical (unpaired) electrons. The molecule has 23 heavy (non-hydrogen) atoms. The molecule has 4 heteroatoms. The zero-order valence-electron chi connectivity index (χ0n) is 13.7. The molecule has 1 saturated carbocycles. The van der Waals surface area contributed by atoms with Crippen LogP contribution in [0.2, 0.25) is 0 Å². The van der Waals surface area contributed by atoms with Crippen molar-refractivity contribution in [1.82, 2.24) is 9.97 Å². The van der Waals surface area contributed by atoms with Crippen LogP contribution in [0.1, 0.15) is 48.2 Å². The number of rotatable bonds is 6. The van der Waals surface area contributed by atoms with E-state index in [1.807, 2.05) is 13.0 Å². The lowest BCUT2D eigenvalue weighted by Gasteiger charge is -2.12. The minimum Gasteiger partial charge on any atom is -0.460 e. The quantitative estimate of drug-likeness (QED) is 0.890. The van der Waals surface area contributed by atoms with Gasteiger partial charge in [0.2, 0.25) is 0 Å². The molecule has 1 fully saturated rings. The first-order chi connectivity index (χ1) is 11.2. The molecule has 1 aromatic heterocycles. The van der Waals surface area contributed by atoms with E-state index in [-0.39, 0.29) is 12.7 Å². The maximum absolute atomic E-state index is 8.97. The number of hydrogen-bond acceptors (Lipinski definition) is 4. The molecule has 4 nitrogen and oxygen atoms in total. The van der Waals surface area contributed by atoms with Crippen molar-refractivity contribution >= 4 is 0 Å². The molecule has 122 valence electrons. The maximum atomic E-state index is 8.97.